The van der Waals surface area contributed by atoms with Gasteiger partial charge in [0, 0.05) is 6.04 Å². The second kappa shape index (κ2) is 12.3. The Morgan fingerprint density at radius 3 is 1.09 bits per heavy atom. The summed E-state index contributed by atoms with van der Waals surface area (Å²) >= 11 is 0. The topological polar surface area (TPSA) is 26.0 Å². The minimum absolute atomic E-state index is 0.490. The molecule has 23 heavy (non-hydrogen) atoms. The quantitative estimate of drug-likeness (QED) is 0.553. The summed E-state index contributed by atoms with van der Waals surface area (Å²) in [6.07, 6.45) is 27.7. The molecule has 0 aromatic rings. The molecule has 0 saturated heterocycles. The van der Waals surface area contributed by atoms with E-state index in [0.29, 0.717) is 6.04 Å². The molecule has 0 aliphatic heterocycles. The number of hydrogen-bond acceptors (Lipinski definition) is 1. The average Bonchev–Trinajstić information content (AvgIpc) is 2.64. The molecule has 0 aromatic carbocycles. The summed E-state index contributed by atoms with van der Waals surface area (Å²) in [6.45, 7) is 0. The fraction of sp³-hybridized carbons (Fsp3) is 1.00. The van der Waals surface area contributed by atoms with Crippen LogP contribution in [0.3, 0.4) is 0 Å². The molecule has 1 nitrogen and oxygen atoms in total. The van der Waals surface area contributed by atoms with Crippen LogP contribution in [-0.2, 0) is 0 Å². The summed E-state index contributed by atoms with van der Waals surface area (Å²) in [5.74, 6) is 2.08. The second-order valence-corrected chi connectivity index (χ2v) is 8.61. The van der Waals surface area contributed by atoms with Crippen LogP contribution in [-0.4, -0.2) is 6.04 Å². The molecular weight excluding hydrogens is 278 g/mol. The van der Waals surface area contributed by atoms with E-state index in [1.807, 2.05) is 0 Å². The van der Waals surface area contributed by atoms with Gasteiger partial charge in [0.25, 0.3) is 0 Å². The Kier molecular flexibility index (Phi) is 10.3. The minimum Gasteiger partial charge on any atom is -0.328 e. The summed E-state index contributed by atoms with van der Waals surface area (Å²) in [5, 5.41) is 0. The van der Waals surface area contributed by atoms with Gasteiger partial charge in [0.2, 0.25) is 0 Å². The maximum Gasteiger partial charge on any atom is 0.00388 e. The van der Waals surface area contributed by atoms with Crippen molar-refractivity contribution < 1.29 is 0 Å². The molecule has 0 aromatic heterocycles. The first-order valence-corrected chi connectivity index (χ1v) is 11.1. The standard InChI is InChI=1S/C22H43N/c23-22-18-11-7-10-16-21(17-12-13-19-22)20-14-8-5-3-1-2-4-6-9-15-20/h20-22H,1-19,23H2. The minimum atomic E-state index is 0.490. The van der Waals surface area contributed by atoms with Gasteiger partial charge in [0.15, 0.2) is 0 Å². The molecule has 2 unspecified atom stereocenters. The van der Waals surface area contributed by atoms with E-state index in [1.165, 1.54) is 122 Å². The molecule has 1 heteroatoms. The lowest BCUT2D eigenvalue weighted by Crippen LogP contribution is -2.19. The van der Waals surface area contributed by atoms with Gasteiger partial charge in [-0.1, -0.05) is 109 Å². The zero-order chi connectivity index (χ0) is 16.2. The Hall–Kier alpha value is -0.0400. The van der Waals surface area contributed by atoms with E-state index in [1.54, 1.807) is 0 Å². The Bertz CT molecular complexity index is 263. The van der Waals surface area contributed by atoms with E-state index < -0.39 is 0 Å². The average molecular weight is 322 g/mol. The molecule has 2 aliphatic carbocycles. The first kappa shape index (κ1) is 19.3. The molecule has 2 N–H and O–H groups in total. The summed E-state index contributed by atoms with van der Waals surface area (Å²) in [6, 6.07) is 0.490. The molecule has 2 aliphatic rings. The van der Waals surface area contributed by atoms with Crippen molar-refractivity contribution in [3.8, 4) is 0 Å². The highest BCUT2D eigenvalue weighted by Crippen LogP contribution is 2.34. The van der Waals surface area contributed by atoms with Crippen LogP contribution >= 0.6 is 0 Å². The van der Waals surface area contributed by atoms with Gasteiger partial charge in [-0.25, -0.2) is 0 Å². The van der Waals surface area contributed by atoms with Crippen molar-refractivity contribution in [1.29, 1.82) is 0 Å². The Balaban J connectivity index is 1.84. The van der Waals surface area contributed by atoms with Gasteiger partial charge in [0.1, 0.15) is 0 Å². The second-order valence-electron chi connectivity index (χ2n) is 8.61. The fourth-order valence-corrected chi connectivity index (χ4v) is 5.05. The lowest BCUT2D eigenvalue weighted by molar-refractivity contribution is 0.240. The molecule has 2 rings (SSSR count). The van der Waals surface area contributed by atoms with Crippen LogP contribution in [0.25, 0.3) is 0 Å². The van der Waals surface area contributed by atoms with Gasteiger partial charge in [-0.3, -0.25) is 0 Å². The summed E-state index contributed by atoms with van der Waals surface area (Å²) in [5.41, 5.74) is 6.24. The summed E-state index contributed by atoms with van der Waals surface area (Å²) in [7, 11) is 0. The van der Waals surface area contributed by atoms with Crippen molar-refractivity contribution in [3.63, 3.8) is 0 Å². The van der Waals surface area contributed by atoms with E-state index in [4.69, 9.17) is 5.73 Å². The summed E-state index contributed by atoms with van der Waals surface area (Å²) < 4.78 is 0. The Labute approximate surface area is 146 Å². The van der Waals surface area contributed by atoms with E-state index in [9.17, 15) is 0 Å². The molecule has 2 atom stereocenters. The van der Waals surface area contributed by atoms with E-state index in [0.717, 1.165) is 11.8 Å². The lowest BCUT2D eigenvalue weighted by atomic mass is 9.78. The van der Waals surface area contributed by atoms with Crippen LogP contribution in [0.4, 0.5) is 0 Å². The van der Waals surface area contributed by atoms with Crippen molar-refractivity contribution in [2.24, 2.45) is 17.6 Å². The maximum absolute atomic E-state index is 6.24. The van der Waals surface area contributed by atoms with Gasteiger partial charge in [-0.15, -0.1) is 0 Å². The van der Waals surface area contributed by atoms with Gasteiger partial charge < -0.3 is 5.73 Å². The van der Waals surface area contributed by atoms with E-state index >= 15 is 0 Å². The molecule has 2 fully saturated rings. The van der Waals surface area contributed by atoms with Crippen molar-refractivity contribution in [2.45, 2.75) is 128 Å². The SMILES string of the molecule is NC1CCCCCC(C2CCCCCCCCCC2)CCCC1. The monoisotopic (exact) mass is 321 g/mol. The number of nitrogens with two attached hydrogens (primary N) is 1. The molecule has 0 radical (unpaired) electrons. The third-order valence-corrected chi connectivity index (χ3v) is 6.62. The van der Waals surface area contributed by atoms with Crippen molar-refractivity contribution in [3.05, 3.63) is 0 Å². The molecule has 136 valence electrons. The van der Waals surface area contributed by atoms with Gasteiger partial charge in [0.05, 0.1) is 0 Å². The van der Waals surface area contributed by atoms with Crippen LogP contribution in [0.15, 0.2) is 0 Å². The molecule has 0 bridgehead atoms. The number of hydrogen-bond donors (Lipinski definition) is 1. The van der Waals surface area contributed by atoms with Crippen LogP contribution in [0, 0.1) is 11.8 Å². The van der Waals surface area contributed by atoms with Gasteiger partial charge in [-0.2, -0.15) is 0 Å². The third kappa shape index (κ3) is 8.57. The third-order valence-electron chi connectivity index (χ3n) is 6.62. The lowest BCUT2D eigenvalue weighted by Gasteiger charge is -2.28. The predicted molar refractivity (Wildman–Crippen MR) is 103 cm³/mol. The van der Waals surface area contributed by atoms with Crippen LogP contribution in [0.1, 0.15) is 122 Å². The normalized spacial score (nSPS) is 31.7. The maximum atomic E-state index is 6.24. The predicted octanol–water partition coefficient (Wildman–Crippen LogP) is 6.99. The molecule has 0 amide bonds. The van der Waals surface area contributed by atoms with Gasteiger partial charge >= 0.3 is 0 Å². The molecule has 0 heterocycles. The van der Waals surface area contributed by atoms with Crippen LogP contribution < -0.4 is 5.73 Å². The largest absolute Gasteiger partial charge is 0.328 e. The van der Waals surface area contributed by atoms with Crippen molar-refractivity contribution in [1.82, 2.24) is 0 Å². The molecule has 2 saturated carbocycles. The molecule has 0 spiro atoms. The Morgan fingerprint density at radius 1 is 0.348 bits per heavy atom. The van der Waals surface area contributed by atoms with E-state index in [2.05, 4.69) is 0 Å². The highest BCUT2D eigenvalue weighted by atomic mass is 14.6. The fourth-order valence-electron chi connectivity index (χ4n) is 5.05. The van der Waals surface area contributed by atoms with Crippen molar-refractivity contribution >= 4 is 0 Å². The first-order valence-electron chi connectivity index (χ1n) is 11.1. The first-order chi connectivity index (χ1) is 11.4. The van der Waals surface area contributed by atoms with E-state index in [-0.39, 0.29) is 0 Å². The summed E-state index contributed by atoms with van der Waals surface area (Å²) in [4.78, 5) is 0. The molecular formula is C22H43N. The number of rotatable bonds is 1. The van der Waals surface area contributed by atoms with Crippen LogP contribution in [0.2, 0.25) is 0 Å². The van der Waals surface area contributed by atoms with Crippen molar-refractivity contribution in [2.75, 3.05) is 0 Å². The highest BCUT2D eigenvalue weighted by Gasteiger charge is 2.21. The van der Waals surface area contributed by atoms with Gasteiger partial charge in [-0.05, 0) is 24.7 Å². The van der Waals surface area contributed by atoms with Crippen LogP contribution in [0.5, 0.6) is 0 Å². The highest BCUT2D eigenvalue weighted by molar-refractivity contribution is 4.74. The zero-order valence-corrected chi connectivity index (χ0v) is 15.7. The zero-order valence-electron chi connectivity index (χ0n) is 15.7. The Morgan fingerprint density at radius 2 is 0.609 bits per heavy atom. The smallest absolute Gasteiger partial charge is 0.00388 e.